The first-order chi connectivity index (χ1) is 9.72. The molecule has 0 aliphatic carbocycles. The summed E-state index contributed by atoms with van der Waals surface area (Å²) in [6.45, 7) is 5.04. The van der Waals surface area contributed by atoms with Crippen molar-refractivity contribution < 1.29 is 9.47 Å². The normalized spacial score (nSPS) is 17.3. The zero-order valence-electron chi connectivity index (χ0n) is 12.9. The third-order valence-corrected chi connectivity index (χ3v) is 4.17. The summed E-state index contributed by atoms with van der Waals surface area (Å²) in [5.74, 6) is 1.84. The predicted molar refractivity (Wildman–Crippen MR) is 86.8 cm³/mol. The number of ether oxygens (including phenoxy) is 2. The van der Waals surface area contributed by atoms with Crippen LogP contribution in [0.5, 0.6) is 11.5 Å². The molecule has 2 aliphatic rings. The quantitative estimate of drug-likeness (QED) is 0.851. The second kappa shape index (κ2) is 7.34. The first-order valence-corrected chi connectivity index (χ1v) is 7.51. The van der Waals surface area contributed by atoms with E-state index in [0.29, 0.717) is 6.79 Å². The number of rotatable bonds is 4. The van der Waals surface area contributed by atoms with Gasteiger partial charge >= 0.3 is 0 Å². The van der Waals surface area contributed by atoms with Crippen LogP contribution in [0.2, 0.25) is 0 Å². The lowest BCUT2D eigenvalue weighted by Gasteiger charge is -2.20. The van der Waals surface area contributed by atoms with Gasteiger partial charge in [-0.15, -0.1) is 12.4 Å². The molecular weight excluding hydrogens is 288 g/mol. The first-order valence-electron chi connectivity index (χ1n) is 7.51. The van der Waals surface area contributed by atoms with Crippen LogP contribution < -0.4 is 9.47 Å². The van der Waals surface area contributed by atoms with Crippen molar-refractivity contribution in [1.29, 1.82) is 0 Å². The molecule has 0 atom stereocenters. The highest BCUT2D eigenvalue weighted by atomic mass is 35.5. The molecule has 118 valence electrons. The van der Waals surface area contributed by atoms with Crippen molar-refractivity contribution in [1.82, 2.24) is 9.80 Å². The summed E-state index contributed by atoms with van der Waals surface area (Å²) >= 11 is 0. The van der Waals surface area contributed by atoms with Crippen molar-refractivity contribution in [2.75, 3.05) is 47.1 Å². The maximum atomic E-state index is 5.48. The van der Waals surface area contributed by atoms with E-state index in [9.17, 15) is 0 Å². The maximum Gasteiger partial charge on any atom is 0.231 e. The van der Waals surface area contributed by atoms with Gasteiger partial charge in [0.15, 0.2) is 11.5 Å². The molecule has 0 bridgehead atoms. The Morgan fingerprint density at radius 3 is 2.14 bits per heavy atom. The summed E-state index contributed by atoms with van der Waals surface area (Å²) in [6.07, 6.45) is 3.48. The van der Waals surface area contributed by atoms with Crippen LogP contribution in [0.3, 0.4) is 0 Å². The molecule has 5 heteroatoms. The summed E-state index contributed by atoms with van der Waals surface area (Å²) in [4.78, 5) is 4.84. The van der Waals surface area contributed by atoms with Crippen LogP contribution in [-0.4, -0.2) is 56.9 Å². The Bertz CT molecular complexity index is 445. The summed E-state index contributed by atoms with van der Waals surface area (Å²) in [7, 11) is 4.28. The largest absolute Gasteiger partial charge is 0.454 e. The second-order valence-electron chi connectivity index (χ2n) is 5.97. The summed E-state index contributed by atoms with van der Waals surface area (Å²) in [6, 6.07) is 4.36. The van der Waals surface area contributed by atoms with E-state index >= 15 is 0 Å². The third kappa shape index (κ3) is 4.02. The van der Waals surface area contributed by atoms with Crippen molar-refractivity contribution in [2.24, 2.45) is 0 Å². The van der Waals surface area contributed by atoms with Crippen LogP contribution in [0.15, 0.2) is 12.1 Å². The topological polar surface area (TPSA) is 24.9 Å². The van der Waals surface area contributed by atoms with E-state index < -0.39 is 0 Å². The van der Waals surface area contributed by atoms with Crippen molar-refractivity contribution >= 4 is 12.4 Å². The highest BCUT2D eigenvalue weighted by Gasteiger charge is 2.20. The predicted octanol–water partition coefficient (Wildman–Crippen LogP) is 2.19. The zero-order valence-corrected chi connectivity index (χ0v) is 13.7. The number of benzene rings is 1. The second-order valence-corrected chi connectivity index (χ2v) is 5.97. The van der Waals surface area contributed by atoms with Gasteiger partial charge in [-0.05, 0) is 69.7 Å². The van der Waals surface area contributed by atoms with Gasteiger partial charge in [0.25, 0.3) is 0 Å². The molecule has 0 saturated heterocycles. The van der Waals surface area contributed by atoms with Crippen LogP contribution in [0, 0.1) is 0 Å². The SMILES string of the molecule is CN(C)CCCN1CCc2cc3c(cc2CC1)OCO3.Cl. The fraction of sp³-hybridized carbons (Fsp3) is 0.625. The van der Waals surface area contributed by atoms with Crippen molar-refractivity contribution in [3.05, 3.63) is 23.3 Å². The lowest BCUT2D eigenvalue weighted by Crippen LogP contribution is -2.29. The molecule has 0 fully saturated rings. The van der Waals surface area contributed by atoms with E-state index in [0.717, 1.165) is 37.4 Å². The van der Waals surface area contributed by atoms with Gasteiger partial charge in [0.2, 0.25) is 6.79 Å². The summed E-state index contributed by atoms with van der Waals surface area (Å²) in [5.41, 5.74) is 2.87. The molecule has 2 aliphatic heterocycles. The average molecular weight is 313 g/mol. The van der Waals surface area contributed by atoms with Crippen molar-refractivity contribution in [3.63, 3.8) is 0 Å². The van der Waals surface area contributed by atoms with Gasteiger partial charge in [0, 0.05) is 13.1 Å². The minimum Gasteiger partial charge on any atom is -0.454 e. The zero-order chi connectivity index (χ0) is 13.9. The Labute approximate surface area is 133 Å². The standard InChI is InChI=1S/C16H24N2O2.ClH/c1-17(2)6-3-7-18-8-4-13-10-15-16(20-12-19-15)11-14(13)5-9-18;/h10-11H,3-9,12H2,1-2H3;1H. The third-order valence-electron chi connectivity index (χ3n) is 4.17. The fourth-order valence-electron chi connectivity index (χ4n) is 2.99. The van der Waals surface area contributed by atoms with Crippen LogP contribution >= 0.6 is 12.4 Å². The molecule has 1 aromatic carbocycles. The Morgan fingerprint density at radius 2 is 1.62 bits per heavy atom. The lowest BCUT2D eigenvalue weighted by atomic mass is 10.0. The van der Waals surface area contributed by atoms with Crippen molar-refractivity contribution in [2.45, 2.75) is 19.3 Å². The molecule has 3 rings (SSSR count). The van der Waals surface area contributed by atoms with E-state index in [1.165, 1.54) is 30.6 Å². The number of hydrogen-bond acceptors (Lipinski definition) is 4. The molecule has 21 heavy (non-hydrogen) atoms. The highest BCUT2D eigenvalue weighted by Crippen LogP contribution is 2.35. The molecule has 0 aromatic heterocycles. The van der Waals surface area contributed by atoms with Gasteiger partial charge in [-0.3, -0.25) is 0 Å². The molecule has 0 unspecified atom stereocenters. The molecule has 4 nitrogen and oxygen atoms in total. The van der Waals surface area contributed by atoms with Gasteiger partial charge in [-0.2, -0.15) is 0 Å². The summed E-state index contributed by atoms with van der Waals surface area (Å²) in [5, 5.41) is 0. The Morgan fingerprint density at radius 1 is 1.05 bits per heavy atom. The Hall–Kier alpha value is -0.970. The lowest BCUT2D eigenvalue weighted by molar-refractivity contribution is 0.174. The number of halogens is 1. The van der Waals surface area contributed by atoms with Gasteiger partial charge in [0.1, 0.15) is 0 Å². The van der Waals surface area contributed by atoms with Gasteiger partial charge < -0.3 is 19.3 Å². The van der Waals surface area contributed by atoms with Crippen LogP contribution in [-0.2, 0) is 12.8 Å². The molecule has 0 radical (unpaired) electrons. The monoisotopic (exact) mass is 312 g/mol. The molecule has 0 amide bonds. The first kappa shape index (κ1) is 16.4. The van der Waals surface area contributed by atoms with E-state index in [1.807, 2.05) is 0 Å². The van der Waals surface area contributed by atoms with Crippen molar-refractivity contribution in [3.8, 4) is 11.5 Å². The van der Waals surface area contributed by atoms with Crippen LogP contribution in [0.4, 0.5) is 0 Å². The Balaban J connectivity index is 0.00000161. The van der Waals surface area contributed by atoms with E-state index in [1.54, 1.807) is 0 Å². The molecule has 0 spiro atoms. The van der Waals surface area contributed by atoms with E-state index in [2.05, 4.69) is 36.0 Å². The molecule has 2 heterocycles. The van der Waals surface area contributed by atoms with Gasteiger partial charge in [-0.25, -0.2) is 0 Å². The maximum absolute atomic E-state index is 5.48. The minimum atomic E-state index is 0. The molecule has 0 saturated carbocycles. The smallest absolute Gasteiger partial charge is 0.231 e. The average Bonchev–Trinajstić information content (AvgIpc) is 2.78. The number of nitrogens with zero attached hydrogens (tertiary/aromatic N) is 2. The summed E-state index contributed by atoms with van der Waals surface area (Å²) < 4.78 is 11.0. The van der Waals surface area contributed by atoms with E-state index in [-0.39, 0.29) is 12.4 Å². The fourth-order valence-corrected chi connectivity index (χ4v) is 2.99. The van der Waals surface area contributed by atoms with Gasteiger partial charge in [0.05, 0.1) is 0 Å². The van der Waals surface area contributed by atoms with E-state index in [4.69, 9.17) is 9.47 Å². The van der Waals surface area contributed by atoms with Crippen LogP contribution in [0.25, 0.3) is 0 Å². The molecule has 0 N–H and O–H groups in total. The van der Waals surface area contributed by atoms with Crippen LogP contribution in [0.1, 0.15) is 17.5 Å². The molecule has 1 aromatic rings. The van der Waals surface area contributed by atoms with Gasteiger partial charge in [-0.1, -0.05) is 0 Å². The molecular formula is C16H25ClN2O2. The highest BCUT2D eigenvalue weighted by molar-refractivity contribution is 5.85. The Kier molecular flexibility index (Phi) is 5.73. The minimum absolute atomic E-state index is 0. The number of fused-ring (bicyclic) bond motifs is 2. The number of hydrogen-bond donors (Lipinski definition) is 0.